The lowest BCUT2D eigenvalue weighted by atomic mass is 10.1. The molecule has 0 aliphatic heterocycles. The number of ether oxygens (including phenoxy) is 2. The van der Waals surface area contributed by atoms with Gasteiger partial charge < -0.3 is 15.2 Å². The highest BCUT2D eigenvalue weighted by Gasteiger charge is 2.24. The van der Waals surface area contributed by atoms with E-state index in [9.17, 15) is 18.4 Å². The Kier molecular flexibility index (Phi) is 6.25. The average molecular weight is 450 g/mol. The van der Waals surface area contributed by atoms with Crippen LogP contribution < -0.4 is 10.5 Å². The molecule has 3 aromatic rings. The Hall–Kier alpha value is -3.15. The fraction of sp³-hybridized carbons (Fsp3) is 0.143. The molecule has 154 valence electrons. The van der Waals surface area contributed by atoms with Gasteiger partial charge in [0, 0.05) is 27.1 Å². The summed E-state index contributed by atoms with van der Waals surface area (Å²) >= 11 is 7.37. The van der Waals surface area contributed by atoms with Gasteiger partial charge in [-0.2, -0.15) is 0 Å². The molecule has 30 heavy (non-hydrogen) atoms. The number of hydrogen-bond donors (Lipinski definition) is 1. The van der Waals surface area contributed by atoms with Crippen LogP contribution in [0.5, 0.6) is 5.75 Å². The molecule has 9 heteroatoms. The van der Waals surface area contributed by atoms with Crippen LogP contribution >= 0.6 is 22.9 Å². The van der Waals surface area contributed by atoms with E-state index in [1.165, 1.54) is 0 Å². The summed E-state index contributed by atoms with van der Waals surface area (Å²) in [6.45, 7) is 1.37. The zero-order valence-corrected chi connectivity index (χ0v) is 17.1. The number of thiophene rings is 1. The number of nitrogens with two attached hydrogens (primary N) is 1. The van der Waals surface area contributed by atoms with Crippen LogP contribution in [0.25, 0.3) is 10.1 Å². The van der Waals surface area contributed by atoms with Crippen molar-refractivity contribution in [3.05, 3.63) is 62.5 Å². The largest absolute Gasteiger partial charge is 0.483 e. The Morgan fingerprint density at radius 3 is 2.50 bits per heavy atom. The Morgan fingerprint density at radius 2 is 1.93 bits per heavy atom. The second-order valence-electron chi connectivity index (χ2n) is 6.00. The molecule has 2 aromatic carbocycles. The third-order valence-corrected chi connectivity index (χ3v) is 5.71. The molecule has 5 nitrogen and oxygen atoms in total. The Balaban J connectivity index is 2.10. The summed E-state index contributed by atoms with van der Waals surface area (Å²) in [6, 6.07) is 4.72. The van der Waals surface area contributed by atoms with Crippen LogP contribution in [0.4, 0.5) is 8.78 Å². The van der Waals surface area contributed by atoms with Gasteiger partial charge in [0.25, 0.3) is 0 Å². The number of rotatable bonds is 6. The molecule has 1 heterocycles. The normalized spacial score (nSPS) is 10.6. The molecule has 3 rings (SSSR count). The fourth-order valence-electron chi connectivity index (χ4n) is 2.82. The molecule has 1 aromatic heterocycles. The maximum Gasteiger partial charge on any atom is 0.348 e. The van der Waals surface area contributed by atoms with E-state index in [0.29, 0.717) is 20.7 Å². The summed E-state index contributed by atoms with van der Waals surface area (Å²) in [4.78, 5) is 23.8. The van der Waals surface area contributed by atoms with Gasteiger partial charge in [-0.15, -0.1) is 17.8 Å². The summed E-state index contributed by atoms with van der Waals surface area (Å²) in [6.07, 6.45) is 5.53. The molecule has 0 saturated carbocycles. The molecule has 0 atom stereocenters. The molecule has 0 fully saturated rings. The van der Waals surface area contributed by atoms with E-state index in [4.69, 9.17) is 33.2 Å². The first kappa shape index (κ1) is 21.6. The van der Waals surface area contributed by atoms with Crippen LogP contribution in [-0.4, -0.2) is 18.5 Å². The third kappa shape index (κ3) is 3.95. The molecule has 2 N–H and O–H groups in total. The van der Waals surface area contributed by atoms with Crippen molar-refractivity contribution >= 4 is 44.9 Å². The summed E-state index contributed by atoms with van der Waals surface area (Å²) in [5.41, 5.74) is 5.49. The number of terminal acetylenes is 1. The van der Waals surface area contributed by atoms with Crippen LogP contribution in [0.15, 0.2) is 24.3 Å². The van der Waals surface area contributed by atoms with Crippen LogP contribution in [-0.2, 0) is 11.3 Å². The van der Waals surface area contributed by atoms with Crippen molar-refractivity contribution < 1.29 is 27.8 Å². The predicted molar refractivity (Wildman–Crippen MR) is 110 cm³/mol. The van der Waals surface area contributed by atoms with Crippen molar-refractivity contribution in [2.45, 2.75) is 13.5 Å². The molecule has 0 bridgehead atoms. The number of primary amides is 1. The minimum Gasteiger partial charge on any atom is -0.483 e. The number of fused-ring (bicyclic) bond motifs is 1. The summed E-state index contributed by atoms with van der Waals surface area (Å²) in [5, 5.41) is 0.731. The van der Waals surface area contributed by atoms with Crippen LogP contribution in [0.2, 0.25) is 5.02 Å². The molecule has 0 spiro atoms. The topological polar surface area (TPSA) is 78.6 Å². The average Bonchev–Trinajstić information content (AvgIpc) is 3.08. The van der Waals surface area contributed by atoms with Crippen molar-refractivity contribution in [1.82, 2.24) is 0 Å². The van der Waals surface area contributed by atoms with E-state index in [1.807, 2.05) is 0 Å². The van der Waals surface area contributed by atoms with Gasteiger partial charge in [0.1, 0.15) is 11.5 Å². The lowest BCUT2D eigenvalue weighted by Gasteiger charge is -2.11. The van der Waals surface area contributed by atoms with E-state index in [0.717, 1.165) is 23.5 Å². The monoisotopic (exact) mass is 449 g/mol. The summed E-state index contributed by atoms with van der Waals surface area (Å²) < 4.78 is 39.5. The maximum absolute atomic E-state index is 14.3. The highest BCUT2D eigenvalue weighted by atomic mass is 35.5. The van der Waals surface area contributed by atoms with Gasteiger partial charge in [0.15, 0.2) is 17.4 Å². The van der Waals surface area contributed by atoms with Crippen molar-refractivity contribution in [1.29, 1.82) is 0 Å². The second-order valence-corrected chi connectivity index (χ2v) is 7.42. The zero-order valence-electron chi connectivity index (χ0n) is 15.6. The first-order valence-electron chi connectivity index (χ1n) is 8.57. The number of amides is 1. The number of hydrogen-bond acceptors (Lipinski definition) is 5. The molecule has 0 unspecified atom stereocenters. The van der Waals surface area contributed by atoms with Crippen molar-refractivity contribution in [2.75, 3.05) is 6.61 Å². The quantitative estimate of drug-likeness (QED) is 0.438. The van der Waals surface area contributed by atoms with Crippen LogP contribution in [0, 0.1) is 24.0 Å². The minimum absolute atomic E-state index is 0.126. The molecule has 1 amide bonds. The van der Waals surface area contributed by atoms with Gasteiger partial charge in [0.05, 0.1) is 11.3 Å². The van der Waals surface area contributed by atoms with Gasteiger partial charge in [-0.1, -0.05) is 17.5 Å². The summed E-state index contributed by atoms with van der Waals surface area (Å²) in [7, 11) is 0. The van der Waals surface area contributed by atoms with Gasteiger partial charge in [-0.3, -0.25) is 4.79 Å². The van der Waals surface area contributed by atoms with Crippen LogP contribution in [0.3, 0.4) is 0 Å². The Morgan fingerprint density at radius 1 is 1.27 bits per heavy atom. The molecule has 0 aliphatic rings. The van der Waals surface area contributed by atoms with E-state index in [2.05, 4.69) is 5.92 Å². The van der Waals surface area contributed by atoms with E-state index in [1.54, 1.807) is 19.1 Å². The minimum atomic E-state index is -1.11. The first-order valence-corrected chi connectivity index (χ1v) is 9.77. The van der Waals surface area contributed by atoms with Gasteiger partial charge >= 0.3 is 5.97 Å². The Bertz CT molecular complexity index is 1190. The number of halogens is 3. The molecule has 0 aliphatic carbocycles. The van der Waals surface area contributed by atoms with E-state index >= 15 is 0 Å². The highest BCUT2D eigenvalue weighted by molar-refractivity contribution is 7.21. The molecular formula is C21H14ClF2NO4S. The number of esters is 1. The van der Waals surface area contributed by atoms with Crippen LogP contribution in [0.1, 0.15) is 38.1 Å². The van der Waals surface area contributed by atoms with Crippen molar-refractivity contribution in [3.63, 3.8) is 0 Å². The second kappa shape index (κ2) is 8.69. The standard InChI is InChI=1S/C21H14ClF2NO4S/c1-3-10-5-6-13(22)16-12(19(30-18(10)16)21(27)28-4-2)9-29-17-14(23)7-11(20(25)26)8-15(17)24/h1,5-8H,4,9H2,2H3,(H2,25,26). The predicted octanol–water partition coefficient (Wildman–Crippen LogP) is 4.67. The maximum atomic E-state index is 14.3. The SMILES string of the molecule is C#Cc1ccc(Cl)c2c(COc3c(F)cc(C(N)=O)cc3F)c(C(=O)OCC)sc12. The summed E-state index contributed by atoms with van der Waals surface area (Å²) in [5.74, 6) is -2.06. The Labute approximate surface area is 179 Å². The lowest BCUT2D eigenvalue weighted by Crippen LogP contribution is -2.13. The van der Waals surface area contributed by atoms with E-state index < -0.39 is 35.9 Å². The zero-order chi connectivity index (χ0) is 22.0. The number of carbonyl (C=O) groups is 2. The van der Waals surface area contributed by atoms with Crippen molar-refractivity contribution in [3.8, 4) is 18.1 Å². The van der Waals surface area contributed by atoms with E-state index in [-0.39, 0.29) is 22.6 Å². The van der Waals surface area contributed by atoms with Crippen molar-refractivity contribution in [2.24, 2.45) is 5.73 Å². The van der Waals surface area contributed by atoms with Gasteiger partial charge in [-0.05, 0) is 31.2 Å². The fourth-order valence-corrected chi connectivity index (χ4v) is 4.35. The van der Waals surface area contributed by atoms with Gasteiger partial charge in [-0.25, -0.2) is 13.6 Å². The van der Waals surface area contributed by atoms with Gasteiger partial charge in [0.2, 0.25) is 5.91 Å². The molecule has 0 radical (unpaired) electrons. The first-order chi connectivity index (χ1) is 14.3. The smallest absolute Gasteiger partial charge is 0.348 e. The third-order valence-electron chi connectivity index (χ3n) is 4.15. The molecular weight excluding hydrogens is 436 g/mol. The number of benzene rings is 2. The highest BCUT2D eigenvalue weighted by Crippen LogP contribution is 2.39. The lowest BCUT2D eigenvalue weighted by molar-refractivity contribution is 0.0529. The molecule has 0 saturated heterocycles. The number of carbonyl (C=O) groups excluding carboxylic acids is 2.